The summed E-state index contributed by atoms with van der Waals surface area (Å²) in [5.74, 6) is 0. The minimum absolute atomic E-state index is 0.386. The van der Waals surface area contributed by atoms with E-state index in [-0.39, 0.29) is 0 Å². The van der Waals surface area contributed by atoms with E-state index < -0.39 is 16.1 Å². The van der Waals surface area contributed by atoms with Gasteiger partial charge >= 0.3 is 0 Å². The standard InChI is InChI=1S/C19H20ClNO2S2/c1-19(2,3)25(22)21-12-13-8-7-11-16(20)17(13)14-9-5-6-10-15(14)18(24)23-4/h5-12H,1-4H3. The minimum atomic E-state index is -1.35. The predicted octanol–water partition coefficient (Wildman–Crippen LogP) is 5.21. The zero-order valence-corrected chi connectivity index (χ0v) is 17.0. The summed E-state index contributed by atoms with van der Waals surface area (Å²) in [5, 5.41) is 0.952. The first kappa shape index (κ1) is 19.9. The van der Waals surface area contributed by atoms with Crippen molar-refractivity contribution in [2.75, 3.05) is 7.11 Å². The second-order valence-electron chi connectivity index (χ2n) is 6.34. The molecule has 0 amide bonds. The number of ether oxygens (including phenoxy) is 1. The average Bonchev–Trinajstić information content (AvgIpc) is 2.58. The topological polar surface area (TPSA) is 44.6 Å². The number of hydrogen-bond donors (Lipinski definition) is 0. The van der Waals surface area contributed by atoms with Gasteiger partial charge in [-0.05, 0) is 50.7 Å². The van der Waals surface area contributed by atoms with Gasteiger partial charge in [-0.1, -0.05) is 46.3 Å². The molecule has 0 heterocycles. The molecule has 0 radical (unpaired) electrons. The van der Waals surface area contributed by atoms with Crippen LogP contribution < -0.4 is 0 Å². The molecule has 0 aliphatic carbocycles. The summed E-state index contributed by atoms with van der Waals surface area (Å²) in [6.07, 6.45) is 1.61. The van der Waals surface area contributed by atoms with Crippen molar-refractivity contribution in [1.29, 1.82) is 0 Å². The van der Waals surface area contributed by atoms with Crippen molar-refractivity contribution in [3.8, 4) is 11.1 Å². The monoisotopic (exact) mass is 393 g/mol. The summed E-state index contributed by atoms with van der Waals surface area (Å²) >= 11 is 10.4. The maximum Gasteiger partial charge on any atom is 0.191 e. The minimum Gasteiger partial charge on any atom is -0.591 e. The molecule has 2 aromatic carbocycles. The van der Waals surface area contributed by atoms with Crippen LogP contribution in [0.2, 0.25) is 5.02 Å². The molecule has 0 saturated carbocycles. The fraction of sp³-hybridized carbons (Fsp3) is 0.263. The maximum atomic E-state index is 12.2. The number of thiocarbonyl (C=S) groups is 1. The average molecular weight is 394 g/mol. The van der Waals surface area contributed by atoms with Gasteiger partial charge in [0.1, 0.15) is 16.1 Å². The van der Waals surface area contributed by atoms with E-state index in [0.717, 1.165) is 22.3 Å². The van der Waals surface area contributed by atoms with E-state index >= 15 is 0 Å². The molecule has 3 nitrogen and oxygen atoms in total. The highest BCUT2D eigenvalue weighted by Gasteiger charge is 2.26. The second kappa shape index (κ2) is 8.32. The van der Waals surface area contributed by atoms with Crippen molar-refractivity contribution in [1.82, 2.24) is 0 Å². The lowest BCUT2D eigenvalue weighted by Crippen LogP contribution is -2.25. The number of rotatable bonds is 4. The first-order valence-electron chi connectivity index (χ1n) is 7.68. The summed E-state index contributed by atoms with van der Waals surface area (Å²) < 4.78 is 21.2. The number of benzene rings is 2. The Morgan fingerprint density at radius 3 is 2.52 bits per heavy atom. The van der Waals surface area contributed by atoms with Gasteiger partial charge in [0.25, 0.3) is 0 Å². The Labute approximate surface area is 162 Å². The molecule has 2 aromatic rings. The molecule has 0 bridgehead atoms. The van der Waals surface area contributed by atoms with Crippen LogP contribution in [0.25, 0.3) is 11.1 Å². The van der Waals surface area contributed by atoms with Gasteiger partial charge in [0.15, 0.2) is 5.05 Å². The molecule has 25 heavy (non-hydrogen) atoms. The van der Waals surface area contributed by atoms with Crippen molar-refractivity contribution < 1.29 is 9.29 Å². The first-order valence-corrected chi connectivity index (χ1v) is 9.57. The van der Waals surface area contributed by atoms with E-state index in [0.29, 0.717) is 10.1 Å². The van der Waals surface area contributed by atoms with E-state index in [4.69, 9.17) is 28.6 Å². The molecule has 2 rings (SSSR count). The zero-order chi connectivity index (χ0) is 18.6. The van der Waals surface area contributed by atoms with Crippen LogP contribution in [-0.4, -0.2) is 27.7 Å². The molecular formula is C19H20ClNO2S2. The Bertz CT molecular complexity index is 800. The molecule has 0 saturated heterocycles. The molecule has 1 atom stereocenters. The zero-order valence-electron chi connectivity index (χ0n) is 14.6. The molecule has 0 aliphatic rings. The van der Waals surface area contributed by atoms with E-state index in [9.17, 15) is 4.55 Å². The Kier molecular flexibility index (Phi) is 6.63. The van der Waals surface area contributed by atoms with Crippen LogP contribution in [0.3, 0.4) is 0 Å². The second-order valence-corrected chi connectivity index (χ2v) is 9.05. The van der Waals surface area contributed by atoms with Gasteiger partial charge in [-0.25, -0.2) is 0 Å². The Morgan fingerprint density at radius 1 is 1.20 bits per heavy atom. The van der Waals surface area contributed by atoms with Crippen LogP contribution in [0.5, 0.6) is 0 Å². The Hall–Kier alpha value is -1.40. The van der Waals surface area contributed by atoms with Crippen molar-refractivity contribution in [2.24, 2.45) is 4.40 Å². The first-order chi connectivity index (χ1) is 11.8. The fourth-order valence-electron chi connectivity index (χ4n) is 2.18. The van der Waals surface area contributed by atoms with E-state index in [1.807, 2.05) is 63.2 Å². The summed E-state index contributed by atoms with van der Waals surface area (Å²) in [5.41, 5.74) is 3.19. The van der Waals surface area contributed by atoms with Crippen LogP contribution >= 0.6 is 23.8 Å². The number of hydrogen-bond acceptors (Lipinski definition) is 4. The molecule has 0 spiro atoms. The lowest BCUT2D eigenvalue weighted by atomic mass is 9.96. The normalized spacial score (nSPS) is 13.0. The molecule has 0 N–H and O–H groups in total. The third kappa shape index (κ3) is 4.82. The van der Waals surface area contributed by atoms with Gasteiger partial charge in [0.2, 0.25) is 0 Å². The molecule has 0 aliphatic heterocycles. The molecule has 0 fully saturated rings. The highest BCUT2D eigenvalue weighted by Crippen LogP contribution is 2.34. The van der Waals surface area contributed by atoms with Crippen molar-refractivity contribution in [3.63, 3.8) is 0 Å². The maximum absolute atomic E-state index is 12.2. The van der Waals surface area contributed by atoms with Crippen molar-refractivity contribution in [2.45, 2.75) is 25.5 Å². The molecule has 6 heteroatoms. The van der Waals surface area contributed by atoms with E-state index in [1.165, 1.54) is 0 Å². The molecular weight excluding hydrogens is 374 g/mol. The van der Waals surface area contributed by atoms with Crippen LogP contribution in [0.1, 0.15) is 31.9 Å². The van der Waals surface area contributed by atoms with Crippen LogP contribution in [0.4, 0.5) is 0 Å². The highest BCUT2D eigenvalue weighted by molar-refractivity contribution is 7.91. The number of methoxy groups -OCH3 is 1. The van der Waals surface area contributed by atoms with E-state index in [2.05, 4.69) is 4.40 Å². The highest BCUT2D eigenvalue weighted by atomic mass is 35.5. The Balaban J connectivity index is 2.57. The summed E-state index contributed by atoms with van der Waals surface area (Å²) in [7, 11) is 1.54. The third-order valence-electron chi connectivity index (χ3n) is 3.46. The van der Waals surface area contributed by atoms with Crippen LogP contribution in [-0.2, 0) is 16.1 Å². The largest absolute Gasteiger partial charge is 0.591 e. The number of nitrogens with zero attached hydrogens (tertiary/aromatic N) is 1. The third-order valence-corrected chi connectivity index (χ3v) is 5.51. The Morgan fingerprint density at radius 2 is 1.88 bits per heavy atom. The van der Waals surface area contributed by atoms with Crippen molar-refractivity contribution in [3.05, 3.63) is 58.6 Å². The fourth-order valence-corrected chi connectivity index (χ4v) is 3.17. The summed E-state index contributed by atoms with van der Waals surface area (Å²) in [6, 6.07) is 13.2. The number of halogens is 1. The summed E-state index contributed by atoms with van der Waals surface area (Å²) in [4.78, 5) is 0. The van der Waals surface area contributed by atoms with E-state index in [1.54, 1.807) is 13.3 Å². The molecule has 1 unspecified atom stereocenters. The molecule has 0 aromatic heterocycles. The van der Waals surface area contributed by atoms with Gasteiger partial charge < -0.3 is 9.29 Å². The van der Waals surface area contributed by atoms with Gasteiger partial charge in [-0.15, -0.1) is 0 Å². The van der Waals surface area contributed by atoms with Gasteiger partial charge in [-0.3, -0.25) is 0 Å². The van der Waals surface area contributed by atoms with Crippen molar-refractivity contribution >= 4 is 46.4 Å². The van der Waals surface area contributed by atoms with Gasteiger partial charge in [0.05, 0.1) is 13.3 Å². The van der Waals surface area contributed by atoms with Gasteiger partial charge in [0, 0.05) is 21.7 Å². The SMILES string of the molecule is COC(=S)c1ccccc1-c1c(Cl)cccc1C=N[S+]([O-])C(C)(C)C. The lowest BCUT2D eigenvalue weighted by Gasteiger charge is -2.18. The quantitative estimate of drug-likeness (QED) is 0.407. The summed E-state index contributed by atoms with van der Waals surface area (Å²) in [6.45, 7) is 5.64. The van der Waals surface area contributed by atoms with Crippen LogP contribution in [0.15, 0.2) is 46.9 Å². The smallest absolute Gasteiger partial charge is 0.191 e. The van der Waals surface area contributed by atoms with Gasteiger partial charge in [-0.2, -0.15) is 0 Å². The lowest BCUT2D eigenvalue weighted by molar-refractivity contribution is 0.416. The predicted molar refractivity (Wildman–Crippen MR) is 111 cm³/mol. The molecule has 132 valence electrons. The van der Waals surface area contributed by atoms with Crippen LogP contribution in [0, 0.1) is 0 Å².